The minimum absolute atomic E-state index is 0.00241. The second-order valence-corrected chi connectivity index (χ2v) is 6.58. The van der Waals surface area contributed by atoms with Gasteiger partial charge in [0.2, 0.25) is 5.91 Å². The lowest BCUT2D eigenvalue weighted by molar-refractivity contribution is -0.131. The zero-order chi connectivity index (χ0) is 16.8. The number of hydrogen-bond acceptors (Lipinski definition) is 3. The largest absolute Gasteiger partial charge is 0.344 e. The van der Waals surface area contributed by atoms with Gasteiger partial charge in [0.25, 0.3) is 11.8 Å². The molecule has 0 aromatic heterocycles. The number of nitrogens with one attached hydrogen (secondary N) is 3. The third-order valence-corrected chi connectivity index (χ3v) is 4.41. The molecule has 1 aliphatic carbocycles. The maximum Gasteiger partial charge on any atom is 0.269 e. The predicted molar refractivity (Wildman–Crippen MR) is 89.3 cm³/mol. The highest BCUT2D eigenvalue weighted by molar-refractivity contribution is 9.10. The Labute approximate surface area is 143 Å². The second kappa shape index (κ2) is 8.10. The first-order valence-corrected chi connectivity index (χ1v) is 8.43. The highest BCUT2D eigenvalue weighted by Crippen LogP contribution is 2.24. The Balaban J connectivity index is 1.78. The van der Waals surface area contributed by atoms with E-state index in [-0.39, 0.29) is 11.8 Å². The third kappa shape index (κ3) is 5.06. The Hall–Kier alpha value is -1.89. The molecule has 124 valence electrons. The second-order valence-electron chi connectivity index (χ2n) is 5.66. The van der Waals surface area contributed by atoms with Crippen LogP contribution in [0.1, 0.15) is 43.0 Å². The average molecular weight is 382 g/mol. The molecule has 3 amide bonds. The molecular weight excluding hydrogens is 362 g/mol. The van der Waals surface area contributed by atoms with Gasteiger partial charge in [-0.2, -0.15) is 0 Å². The topological polar surface area (TPSA) is 87.3 Å². The summed E-state index contributed by atoms with van der Waals surface area (Å²) in [6.07, 6.45) is 3.87. The van der Waals surface area contributed by atoms with Gasteiger partial charge in [0.1, 0.15) is 6.04 Å². The van der Waals surface area contributed by atoms with Crippen LogP contribution in [-0.2, 0) is 9.59 Å². The summed E-state index contributed by atoms with van der Waals surface area (Å²) in [6.45, 7) is 1.59. The first-order valence-electron chi connectivity index (χ1n) is 7.63. The van der Waals surface area contributed by atoms with Crippen molar-refractivity contribution in [2.24, 2.45) is 5.92 Å². The fourth-order valence-electron chi connectivity index (χ4n) is 2.48. The van der Waals surface area contributed by atoms with Crippen molar-refractivity contribution in [2.75, 3.05) is 0 Å². The predicted octanol–water partition coefficient (Wildman–Crippen LogP) is 1.91. The SMILES string of the molecule is C[C@@H](NC(=O)C1CCCC1)C(=O)NNC(=O)c1ccc(Br)cc1. The molecule has 0 unspecified atom stereocenters. The molecule has 6 nitrogen and oxygen atoms in total. The lowest BCUT2D eigenvalue weighted by Gasteiger charge is -2.17. The number of carbonyl (C=O) groups excluding carboxylic acids is 3. The first-order chi connectivity index (χ1) is 11.0. The quantitative estimate of drug-likeness (QED) is 0.696. The van der Waals surface area contributed by atoms with Crippen molar-refractivity contribution in [1.82, 2.24) is 16.2 Å². The van der Waals surface area contributed by atoms with Crippen molar-refractivity contribution in [3.63, 3.8) is 0 Å². The number of halogens is 1. The molecule has 1 saturated carbocycles. The molecule has 0 aliphatic heterocycles. The summed E-state index contributed by atoms with van der Waals surface area (Å²) in [4.78, 5) is 35.8. The average Bonchev–Trinajstić information content (AvgIpc) is 3.07. The van der Waals surface area contributed by atoms with Crippen LogP contribution in [0, 0.1) is 5.92 Å². The Bertz CT molecular complexity index is 583. The fraction of sp³-hybridized carbons (Fsp3) is 0.438. The number of rotatable bonds is 4. The molecule has 1 aromatic carbocycles. The Morgan fingerprint density at radius 1 is 1.09 bits per heavy atom. The molecule has 3 N–H and O–H groups in total. The van der Waals surface area contributed by atoms with Crippen molar-refractivity contribution < 1.29 is 14.4 Å². The molecule has 2 rings (SSSR count). The highest BCUT2D eigenvalue weighted by atomic mass is 79.9. The molecule has 23 heavy (non-hydrogen) atoms. The normalized spacial score (nSPS) is 15.7. The third-order valence-electron chi connectivity index (χ3n) is 3.88. The Kier molecular flexibility index (Phi) is 6.15. The summed E-state index contributed by atoms with van der Waals surface area (Å²) in [5, 5.41) is 2.68. The maximum absolute atomic E-state index is 12.0. The van der Waals surface area contributed by atoms with E-state index in [4.69, 9.17) is 0 Å². The van der Waals surface area contributed by atoms with Crippen LogP contribution in [-0.4, -0.2) is 23.8 Å². The van der Waals surface area contributed by atoms with E-state index in [2.05, 4.69) is 32.1 Å². The molecule has 0 saturated heterocycles. The number of benzene rings is 1. The van der Waals surface area contributed by atoms with Crippen LogP contribution in [0.4, 0.5) is 0 Å². The molecule has 1 fully saturated rings. The molecule has 7 heteroatoms. The Morgan fingerprint density at radius 3 is 2.30 bits per heavy atom. The van der Waals surface area contributed by atoms with Gasteiger partial charge in [-0.05, 0) is 44.0 Å². The zero-order valence-corrected chi connectivity index (χ0v) is 14.5. The summed E-state index contributed by atoms with van der Waals surface area (Å²) in [5.41, 5.74) is 5.09. The van der Waals surface area contributed by atoms with Crippen LogP contribution < -0.4 is 16.2 Å². The van der Waals surface area contributed by atoms with Gasteiger partial charge in [0.05, 0.1) is 0 Å². The number of amides is 3. The van der Waals surface area contributed by atoms with E-state index in [0.29, 0.717) is 5.56 Å². The van der Waals surface area contributed by atoms with Crippen LogP contribution in [0.15, 0.2) is 28.7 Å². The smallest absolute Gasteiger partial charge is 0.269 e. The summed E-state index contributed by atoms with van der Waals surface area (Å²) in [5.74, 6) is -0.964. The van der Waals surface area contributed by atoms with Crippen molar-refractivity contribution in [3.05, 3.63) is 34.3 Å². The van der Waals surface area contributed by atoms with Gasteiger partial charge in [-0.25, -0.2) is 0 Å². The van der Waals surface area contributed by atoms with E-state index in [9.17, 15) is 14.4 Å². The monoisotopic (exact) mass is 381 g/mol. The van der Waals surface area contributed by atoms with Crippen LogP contribution >= 0.6 is 15.9 Å². The highest BCUT2D eigenvalue weighted by Gasteiger charge is 2.25. The van der Waals surface area contributed by atoms with E-state index < -0.39 is 17.9 Å². The van der Waals surface area contributed by atoms with Gasteiger partial charge in [-0.15, -0.1) is 0 Å². The minimum Gasteiger partial charge on any atom is -0.344 e. The van der Waals surface area contributed by atoms with Gasteiger partial charge in [0, 0.05) is 16.0 Å². The molecule has 1 atom stereocenters. The standard InChI is InChI=1S/C16H20BrN3O3/c1-10(18-15(22)11-4-2-3-5-11)14(21)19-20-16(23)12-6-8-13(17)9-7-12/h6-11H,2-5H2,1H3,(H,18,22)(H,19,21)(H,20,23)/t10-/m1/s1. The minimum atomic E-state index is -0.701. The molecule has 0 spiro atoms. The van der Waals surface area contributed by atoms with Crippen molar-refractivity contribution >= 4 is 33.7 Å². The first kappa shape index (κ1) is 17.5. The molecular formula is C16H20BrN3O3. The summed E-state index contributed by atoms with van der Waals surface area (Å²) in [6, 6.07) is 6.05. The summed E-state index contributed by atoms with van der Waals surface area (Å²) < 4.78 is 0.862. The zero-order valence-electron chi connectivity index (χ0n) is 12.9. The van der Waals surface area contributed by atoms with Crippen LogP contribution in [0.5, 0.6) is 0 Å². The lowest BCUT2D eigenvalue weighted by atomic mass is 10.1. The van der Waals surface area contributed by atoms with E-state index in [0.717, 1.165) is 30.2 Å². The van der Waals surface area contributed by atoms with Gasteiger partial charge in [-0.1, -0.05) is 28.8 Å². The number of hydrogen-bond donors (Lipinski definition) is 3. The van der Waals surface area contributed by atoms with E-state index >= 15 is 0 Å². The Morgan fingerprint density at radius 2 is 1.70 bits per heavy atom. The molecule has 1 aromatic rings. The van der Waals surface area contributed by atoms with Crippen LogP contribution in [0.3, 0.4) is 0 Å². The fourth-order valence-corrected chi connectivity index (χ4v) is 2.75. The number of hydrazine groups is 1. The van der Waals surface area contributed by atoms with Gasteiger partial charge in [0.15, 0.2) is 0 Å². The molecule has 0 heterocycles. The summed E-state index contributed by atoms with van der Waals surface area (Å²) >= 11 is 3.28. The van der Waals surface area contributed by atoms with Gasteiger partial charge < -0.3 is 5.32 Å². The lowest BCUT2D eigenvalue weighted by Crippen LogP contribution is -2.51. The van der Waals surface area contributed by atoms with E-state index in [1.165, 1.54) is 0 Å². The van der Waals surface area contributed by atoms with Gasteiger partial charge >= 0.3 is 0 Å². The summed E-state index contributed by atoms with van der Waals surface area (Å²) in [7, 11) is 0. The van der Waals surface area contributed by atoms with Crippen molar-refractivity contribution in [3.8, 4) is 0 Å². The molecule has 0 radical (unpaired) electrons. The van der Waals surface area contributed by atoms with Crippen molar-refractivity contribution in [1.29, 1.82) is 0 Å². The van der Waals surface area contributed by atoms with E-state index in [1.807, 2.05) is 0 Å². The number of carbonyl (C=O) groups is 3. The molecule has 0 bridgehead atoms. The van der Waals surface area contributed by atoms with Crippen LogP contribution in [0.25, 0.3) is 0 Å². The maximum atomic E-state index is 12.0. The van der Waals surface area contributed by atoms with E-state index in [1.54, 1.807) is 31.2 Å². The van der Waals surface area contributed by atoms with Gasteiger partial charge in [-0.3, -0.25) is 25.2 Å². The molecule has 1 aliphatic rings. The van der Waals surface area contributed by atoms with Crippen LogP contribution in [0.2, 0.25) is 0 Å². The van der Waals surface area contributed by atoms with Crippen molar-refractivity contribution in [2.45, 2.75) is 38.6 Å².